The van der Waals surface area contributed by atoms with Gasteiger partial charge in [-0.15, -0.1) is 11.3 Å². The van der Waals surface area contributed by atoms with Crippen LogP contribution in [0.4, 0.5) is 5.00 Å². The van der Waals surface area contributed by atoms with Crippen molar-refractivity contribution >= 4 is 34.1 Å². The minimum atomic E-state index is -0.750. The Morgan fingerprint density at radius 2 is 2.04 bits per heavy atom. The molecule has 0 unspecified atom stereocenters. The molecule has 144 valence electrons. The second-order valence-corrected chi connectivity index (χ2v) is 7.92. The lowest BCUT2D eigenvalue weighted by Crippen LogP contribution is -2.62. The fourth-order valence-corrected chi connectivity index (χ4v) is 4.22. The number of piperazine rings is 1. The van der Waals surface area contributed by atoms with Crippen molar-refractivity contribution in [3.63, 3.8) is 0 Å². The largest absolute Gasteiger partial charge is 0.462 e. The van der Waals surface area contributed by atoms with Gasteiger partial charge in [-0.2, -0.15) is 0 Å². The molecule has 0 aromatic carbocycles. The number of ether oxygens (including phenoxy) is 1. The van der Waals surface area contributed by atoms with E-state index in [9.17, 15) is 14.4 Å². The summed E-state index contributed by atoms with van der Waals surface area (Å²) in [5.41, 5.74) is 0.599. The van der Waals surface area contributed by atoms with Gasteiger partial charge in [0.2, 0.25) is 11.8 Å². The number of anilines is 1. The van der Waals surface area contributed by atoms with E-state index >= 15 is 0 Å². The number of hydrogen-bond donors (Lipinski definition) is 2. The maximum Gasteiger partial charge on any atom is 0.341 e. The SMILES string of the molecule is CCOC(=O)c1c(NC(=O)CN2CCNC(=O)C2(C)C)sc(C)c1CC. The third-order valence-electron chi connectivity index (χ3n) is 4.64. The molecule has 2 amide bonds. The standard InChI is InChI=1S/C18H27N3O4S/c1-6-12-11(3)26-15(14(12)16(23)25-7-2)20-13(22)10-21-9-8-19-17(24)18(21,4)5/h6-10H2,1-5H3,(H,19,24)(H,20,22). The molecule has 1 aliphatic rings. The Bertz CT molecular complexity index is 712. The Morgan fingerprint density at radius 1 is 1.35 bits per heavy atom. The highest BCUT2D eigenvalue weighted by molar-refractivity contribution is 7.16. The van der Waals surface area contributed by atoms with E-state index in [1.807, 2.05) is 18.7 Å². The molecule has 2 rings (SSSR count). The predicted octanol–water partition coefficient (Wildman–Crippen LogP) is 1.94. The van der Waals surface area contributed by atoms with Crippen molar-refractivity contribution in [2.75, 3.05) is 31.6 Å². The van der Waals surface area contributed by atoms with Gasteiger partial charge in [-0.1, -0.05) is 6.92 Å². The minimum Gasteiger partial charge on any atom is -0.462 e. The first-order chi connectivity index (χ1) is 12.2. The molecule has 2 heterocycles. The van der Waals surface area contributed by atoms with Gasteiger partial charge in [-0.3, -0.25) is 14.5 Å². The minimum absolute atomic E-state index is 0.0844. The highest BCUT2D eigenvalue weighted by atomic mass is 32.1. The van der Waals surface area contributed by atoms with Crippen LogP contribution < -0.4 is 10.6 Å². The molecule has 1 aromatic heterocycles. The number of nitrogens with one attached hydrogen (secondary N) is 2. The van der Waals surface area contributed by atoms with Crippen LogP contribution in [0.25, 0.3) is 0 Å². The van der Waals surface area contributed by atoms with E-state index in [0.29, 0.717) is 30.1 Å². The molecule has 1 aromatic rings. The van der Waals surface area contributed by atoms with E-state index in [0.717, 1.165) is 10.4 Å². The zero-order valence-corrected chi connectivity index (χ0v) is 16.8. The molecule has 1 saturated heterocycles. The number of rotatable bonds is 6. The molecule has 0 aliphatic carbocycles. The zero-order chi connectivity index (χ0) is 19.5. The normalized spacial score (nSPS) is 16.9. The van der Waals surface area contributed by atoms with Crippen LogP contribution in [0.1, 0.15) is 48.5 Å². The molecule has 0 atom stereocenters. The lowest BCUT2D eigenvalue weighted by atomic mass is 9.99. The van der Waals surface area contributed by atoms with Gasteiger partial charge < -0.3 is 15.4 Å². The smallest absolute Gasteiger partial charge is 0.341 e. The number of aryl methyl sites for hydroxylation is 1. The molecule has 7 nitrogen and oxygen atoms in total. The van der Waals surface area contributed by atoms with E-state index in [2.05, 4.69) is 10.6 Å². The summed E-state index contributed by atoms with van der Waals surface area (Å²) in [7, 11) is 0. The fourth-order valence-electron chi connectivity index (χ4n) is 3.07. The van der Waals surface area contributed by atoms with Gasteiger partial charge in [-0.25, -0.2) is 4.79 Å². The number of amides is 2. The van der Waals surface area contributed by atoms with Crippen molar-refractivity contribution < 1.29 is 19.1 Å². The van der Waals surface area contributed by atoms with Crippen LogP contribution in [0.15, 0.2) is 0 Å². The van der Waals surface area contributed by atoms with Gasteiger partial charge in [0.1, 0.15) is 5.00 Å². The second kappa shape index (κ2) is 8.18. The van der Waals surface area contributed by atoms with Crippen molar-refractivity contribution in [1.82, 2.24) is 10.2 Å². The summed E-state index contributed by atoms with van der Waals surface area (Å²) in [5, 5.41) is 6.18. The first-order valence-electron chi connectivity index (χ1n) is 8.84. The summed E-state index contributed by atoms with van der Waals surface area (Å²) in [6.45, 7) is 10.7. The number of carbonyl (C=O) groups excluding carboxylic acids is 3. The van der Waals surface area contributed by atoms with Gasteiger partial charge in [0.15, 0.2) is 0 Å². The van der Waals surface area contributed by atoms with Gasteiger partial charge >= 0.3 is 5.97 Å². The van der Waals surface area contributed by atoms with Gasteiger partial charge in [0.25, 0.3) is 0 Å². The van der Waals surface area contributed by atoms with E-state index in [1.54, 1.807) is 20.8 Å². The van der Waals surface area contributed by atoms with Crippen LogP contribution in [0.3, 0.4) is 0 Å². The third-order valence-corrected chi connectivity index (χ3v) is 5.71. The second-order valence-electron chi connectivity index (χ2n) is 6.70. The molecule has 1 aliphatic heterocycles. The Morgan fingerprint density at radius 3 is 2.65 bits per heavy atom. The Hall–Kier alpha value is -1.93. The number of carbonyl (C=O) groups is 3. The van der Waals surface area contributed by atoms with Crippen molar-refractivity contribution in [3.05, 3.63) is 16.0 Å². The number of nitrogens with zero attached hydrogens (tertiary/aromatic N) is 1. The average Bonchev–Trinajstić information content (AvgIpc) is 2.87. The van der Waals surface area contributed by atoms with E-state index < -0.39 is 11.5 Å². The average molecular weight is 381 g/mol. The first kappa shape index (κ1) is 20.4. The van der Waals surface area contributed by atoms with Crippen LogP contribution in [-0.4, -0.2) is 54.5 Å². The molecule has 0 saturated carbocycles. The molecule has 0 spiro atoms. The van der Waals surface area contributed by atoms with Crippen molar-refractivity contribution in [2.45, 2.75) is 46.6 Å². The molecule has 0 radical (unpaired) electrons. The lowest BCUT2D eigenvalue weighted by Gasteiger charge is -2.40. The zero-order valence-electron chi connectivity index (χ0n) is 16.0. The molecule has 8 heteroatoms. The molecular formula is C18H27N3O4S. The Balaban J connectivity index is 2.18. The maximum absolute atomic E-state index is 12.6. The summed E-state index contributed by atoms with van der Waals surface area (Å²) >= 11 is 1.38. The monoisotopic (exact) mass is 381 g/mol. The lowest BCUT2D eigenvalue weighted by molar-refractivity contribution is -0.136. The molecule has 2 N–H and O–H groups in total. The van der Waals surface area contributed by atoms with E-state index in [4.69, 9.17) is 4.74 Å². The summed E-state index contributed by atoms with van der Waals surface area (Å²) < 4.78 is 5.16. The molecule has 0 bridgehead atoms. The van der Waals surface area contributed by atoms with Gasteiger partial charge in [0.05, 0.1) is 24.3 Å². The summed E-state index contributed by atoms with van der Waals surface area (Å²) in [4.78, 5) is 39.8. The van der Waals surface area contributed by atoms with Gasteiger partial charge in [0, 0.05) is 18.0 Å². The highest BCUT2D eigenvalue weighted by Crippen LogP contribution is 2.34. The van der Waals surface area contributed by atoms with E-state index in [1.165, 1.54) is 11.3 Å². The van der Waals surface area contributed by atoms with Crippen LogP contribution in [-0.2, 0) is 20.7 Å². The highest BCUT2D eigenvalue weighted by Gasteiger charge is 2.38. The van der Waals surface area contributed by atoms with Crippen LogP contribution in [0.2, 0.25) is 0 Å². The summed E-state index contributed by atoms with van der Waals surface area (Å²) in [6.07, 6.45) is 0.686. The molecule has 1 fully saturated rings. The molecule has 26 heavy (non-hydrogen) atoms. The fraction of sp³-hybridized carbons (Fsp3) is 0.611. The Kier molecular flexibility index (Phi) is 6.41. The quantitative estimate of drug-likeness (QED) is 0.736. The van der Waals surface area contributed by atoms with Crippen molar-refractivity contribution in [1.29, 1.82) is 0 Å². The number of hydrogen-bond acceptors (Lipinski definition) is 6. The summed E-state index contributed by atoms with van der Waals surface area (Å²) in [5.74, 6) is -0.757. The third kappa shape index (κ3) is 4.07. The van der Waals surface area contributed by atoms with Crippen molar-refractivity contribution in [3.8, 4) is 0 Å². The Labute approximate surface area is 158 Å². The first-order valence-corrected chi connectivity index (χ1v) is 9.66. The van der Waals surface area contributed by atoms with Crippen molar-refractivity contribution in [2.24, 2.45) is 0 Å². The van der Waals surface area contributed by atoms with Crippen LogP contribution in [0, 0.1) is 6.92 Å². The van der Waals surface area contributed by atoms with E-state index in [-0.39, 0.29) is 25.0 Å². The number of thiophene rings is 1. The number of esters is 1. The van der Waals surface area contributed by atoms with Gasteiger partial charge in [-0.05, 0) is 39.7 Å². The van der Waals surface area contributed by atoms with Crippen LogP contribution in [0.5, 0.6) is 0 Å². The topological polar surface area (TPSA) is 87.7 Å². The molecular weight excluding hydrogens is 354 g/mol. The predicted molar refractivity (Wildman–Crippen MR) is 102 cm³/mol. The maximum atomic E-state index is 12.6. The summed E-state index contributed by atoms with van der Waals surface area (Å²) in [6, 6.07) is 0. The van der Waals surface area contributed by atoms with Crippen LogP contribution >= 0.6 is 11.3 Å².